The van der Waals surface area contributed by atoms with Gasteiger partial charge in [-0.25, -0.2) is 4.79 Å². The smallest absolute Gasteiger partial charge is 0.326 e. The highest BCUT2D eigenvalue weighted by Crippen LogP contribution is 2.08. The summed E-state index contributed by atoms with van der Waals surface area (Å²) in [5.41, 5.74) is 17.1. The number of hydrogen-bond donors (Lipinski definition) is 7. The Morgan fingerprint density at radius 1 is 1.00 bits per heavy atom. The van der Waals surface area contributed by atoms with Crippen LogP contribution in [0.2, 0.25) is 0 Å². The summed E-state index contributed by atoms with van der Waals surface area (Å²) < 4.78 is 0. The Morgan fingerprint density at radius 3 is 2.23 bits per heavy atom. The van der Waals surface area contributed by atoms with Gasteiger partial charge in [0.1, 0.15) is 12.1 Å². The number of nitrogens with one attached hydrogen (secondary N) is 3. The highest BCUT2D eigenvalue weighted by atomic mass is 16.4. The van der Waals surface area contributed by atoms with Crippen molar-refractivity contribution in [2.45, 2.75) is 57.7 Å². The summed E-state index contributed by atoms with van der Waals surface area (Å²) >= 11 is 0. The third-order valence-electron chi connectivity index (χ3n) is 4.98. The Balaban J connectivity index is 2.73. The molecular weight excluding hydrogens is 454 g/mol. The van der Waals surface area contributed by atoms with Crippen molar-refractivity contribution in [1.29, 1.82) is 0 Å². The van der Waals surface area contributed by atoms with E-state index in [9.17, 15) is 24.3 Å². The van der Waals surface area contributed by atoms with Crippen LogP contribution in [0.1, 0.15) is 38.7 Å². The molecule has 0 fully saturated rings. The molecule has 0 aromatic heterocycles. The number of carboxylic acid groups (broad SMARTS) is 1. The number of guanidine groups is 1. The van der Waals surface area contributed by atoms with Gasteiger partial charge in [0.25, 0.3) is 0 Å². The maximum absolute atomic E-state index is 12.9. The molecule has 3 amide bonds. The third-order valence-corrected chi connectivity index (χ3v) is 4.98. The van der Waals surface area contributed by atoms with Gasteiger partial charge in [0.2, 0.25) is 17.7 Å². The fourth-order valence-corrected chi connectivity index (χ4v) is 3.22. The highest BCUT2D eigenvalue weighted by molar-refractivity contribution is 5.92. The van der Waals surface area contributed by atoms with Crippen molar-refractivity contribution < 1.29 is 24.3 Å². The van der Waals surface area contributed by atoms with Crippen LogP contribution in [0.5, 0.6) is 0 Å². The van der Waals surface area contributed by atoms with Crippen molar-refractivity contribution in [1.82, 2.24) is 16.0 Å². The summed E-state index contributed by atoms with van der Waals surface area (Å²) in [5.74, 6) is -2.93. The van der Waals surface area contributed by atoms with Crippen molar-refractivity contribution >= 4 is 29.7 Å². The van der Waals surface area contributed by atoms with Crippen molar-refractivity contribution in [2.75, 3.05) is 13.1 Å². The summed E-state index contributed by atoms with van der Waals surface area (Å²) in [7, 11) is 0. The second kappa shape index (κ2) is 15.3. The molecule has 0 radical (unpaired) electrons. The largest absolute Gasteiger partial charge is 0.480 e. The van der Waals surface area contributed by atoms with Crippen LogP contribution in [0.25, 0.3) is 0 Å². The lowest BCUT2D eigenvalue weighted by atomic mass is 10.0. The maximum atomic E-state index is 12.9. The predicted octanol–water partition coefficient (Wildman–Crippen LogP) is -1.17. The monoisotopic (exact) mass is 491 g/mol. The van der Waals surface area contributed by atoms with Gasteiger partial charge in [-0.3, -0.25) is 19.4 Å². The second-order valence-corrected chi connectivity index (χ2v) is 8.61. The Labute approximate surface area is 205 Å². The summed E-state index contributed by atoms with van der Waals surface area (Å²) in [4.78, 5) is 52.9. The fourth-order valence-electron chi connectivity index (χ4n) is 3.22. The molecule has 0 saturated heterocycles. The summed E-state index contributed by atoms with van der Waals surface area (Å²) in [6.07, 6.45) is 1.18. The number of carboxylic acids is 1. The van der Waals surface area contributed by atoms with Crippen LogP contribution < -0.4 is 33.2 Å². The van der Waals surface area contributed by atoms with Gasteiger partial charge in [0.15, 0.2) is 5.96 Å². The molecule has 12 nitrogen and oxygen atoms in total. The zero-order valence-corrected chi connectivity index (χ0v) is 20.2. The van der Waals surface area contributed by atoms with Gasteiger partial charge in [-0.05, 0) is 30.7 Å². The molecule has 1 rings (SSSR count). The maximum Gasteiger partial charge on any atom is 0.326 e. The minimum Gasteiger partial charge on any atom is -0.480 e. The molecule has 0 aliphatic rings. The molecule has 1 aromatic rings. The molecule has 35 heavy (non-hydrogen) atoms. The minimum atomic E-state index is -1.15. The Kier molecular flexibility index (Phi) is 12.8. The number of nitrogens with two attached hydrogens (primary N) is 3. The van der Waals surface area contributed by atoms with Crippen LogP contribution >= 0.6 is 0 Å². The second-order valence-electron chi connectivity index (χ2n) is 8.61. The average molecular weight is 492 g/mol. The number of aliphatic carboxylic acids is 1. The first-order chi connectivity index (χ1) is 16.5. The van der Waals surface area contributed by atoms with E-state index in [1.54, 1.807) is 24.3 Å². The van der Waals surface area contributed by atoms with Gasteiger partial charge in [-0.15, -0.1) is 0 Å². The number of carbonyl (C=O) groups is 4. The van der Waals surface area contributed by atoms with Gasteiger partial charge < -0.3 is 38.3 Å². The number of benzene rings is 1. The zero-order chi connectivity index (χ0) is 26.4. The Bertz CT molecular complexity index is 872. The first kappa shape index (κ1) is 29.4. The van der Waals surface area contributed by atoms with Crippen molar-refractivity contribution in [3.63, 3.8) is 0 Å². The fraction of sp³-hybridized carbons (Fsp3) is 0.522. The van der Waals surface area contributed by atoms with Crippen molar-refractivity contribution in [2.24, 2.45) is 28.1 Å². The highest BCUT2D eigenvalue weighted by Gasteiger charge is 2.27. The van der Waals surface area contributed by atoms with Gasteiger partial charge in [0.05, 0.1) is 12.6 Å². The molecule has 0 aliphatic carbocycles. The van der Waals surface area contributed by atoms with E-state index < -0.39 is 48.4 Å². The van der Waals surface area contributed by atoms with Gasteiger partial charge >= 0.3 is 5.97 Å². The van der Waals surface area contributed by atoms with E-state index in [4.69, 9.17) is 17.2 Å². The lowest BCUT2D eigenvalue weighted by Crippen LogP contribution is -2.54. The number of hydrogen-bond acceptors (Lipinski definition) is 6. The molecule has 0 saturated carbocycles. The number of rotatable bonds is 15. The number of aliphatic imine (C=N–C) groups is 1. The molecule has 0 heterocycles. The van der Waals surface area contributed by atoms with Crippen LogP contribution in [-0.2, 0) is 25.6 Å². The van der Waals surface area contributed by atoms with Crippen LogP contribution in [0.4, 0.5) is 0 Å². The van der Waals surface area contributed by atoms with E-state index in [1.807, 2.05) is 19.9 Å². The van der Waals surface area contributed by atoms with Gasteiger partial charge in [-0.2, -0.15) is 0 Å². The van der Waals surface area contributed by atoms with Crippen LogP contribution in [0, 0.1) is 5.92 Å². The molecule has 3 atom stereocenters. The SMILES string of the molecule is CC(C)C[C@H](NC(=O)[C@H](Cc1ccccc1)NC(=O)CNC(=O)[C@@H](N)CCCN=C(N)N)C(=O)O. The molecule has 194 valence electrons. The van der Waals surface area contributed by atoms with E-state index >= 15 is 0 Å². The molecule has 1 aromatic carbocycles. The van der Waals surface area contributed by atoms with E-state index in [-0.39, 0.29) is 24.7 Å². The lowest BCUT2D eigenvalue weighted by Gasteiger charge is -2.23. The van der Waals surface area contributed by atoms with Crippen LogP contribution in [0.15, 0.2) is 35.3 Å². The normalized spacial score (nSPS) is 13.3. The quantitative estimate of drug-likeness (QED) is 0.0898. The van der Waals surface area contributed by atoms with E-state index in [1.165, 1.54) is 0 Å². The molecule has 0 spiro atoms. The van der Waals surface area contributed by atoms with Crippen molar-refractivity contribution in [3.8, 4) is 0 Å². The average Bonchev–Trinajstić information content (AvgIpc) is 2.79. The number of amides is 3. The summed E-state index contributed by atoms with van der Waals surface area (Å²) in [6, 6.07) is 6.00. The number of nitrogens with zero attached hydrogens (tertiary/aromatic N) is 1. The van der Waals surface area contributed by atoms with Gasteiger partial charge in [0, 0.05) is 13.0 Å². The summed E-state index contributed by atoms with van der Waals surface area (Å²) in [5, 5.41) is 17.0. The first-order valence-electron chi connectivity index (χ1n) is 11.4. The molecule has 12 heteroatoms. The number of carbonyl (C=O) groups excluding carboxylic acids is 3. The summed E-state index contributed by atoms with van der Waals surface area (Å²) in [6.45, 7) is 3.63. The third kappa shape index (κ3) is 12.4. The Hall–Kier alpha value is -3.67. The van der Waals surface area contributed by atoms with E-state index in [0.29, 0.717) is 19.4 Å². The Morgan fingerprint density at radius 2 is 1.66 bits per heavy atom. The molecule has 0 unspecified atom stereocenters. The molecular formula is C23H37N7O5. The molecule has 10 N–H and O–H groups in total. The van der Waals surface area contributed by atoms with E-state index in [0.717, 1.165) is 5.56 Å². The van der Waals surface area contributed by atoms with Gasteiger partial charge in [-0.1, -0.05) is 44.2 Å². The van der Waals surface area contributed by atoms with Crippen molar-refractivity contribution in [3.05, 3.63) is 35.9 Å². The lowest BCUT2D eigenvalue weighted by molar-refractivity contribution is -0.142. The van der Waals surface area contributed by atoms with Crippen LogP contribution in [0.3, 0.4) is 0 Å². The predicted molar refractivity (Wildman–Crippen MR) is 132 cm³/mol. The topological polar surface area (TPSA) is 215 Å². The molecule has 0 aliphatic heterocycles. The van der Waals surface area contributed by atoms with E-state index in [2.05, 4.69) is 20.9 Å². The standard InChI is InChI=1S/C23H37N7O5/c1-14(2)11-18(22(34)35)30-21(33)17(12-15-7-4-3-5-8-15)29-19(31)13-28-20(32)16(24)9-6-10-27-23(25)26/h3-5,7-8,14,16-18H,6,9-13,24H2,1-2H3,(H,28,32)(H,29,31)(H,30,33)(H,34,35)(H4,25,26,27)/t16-,17-,18-/m0/s1. The zero-order valence-electron chi connectivity index (χ0n) is 20.2. The molecule has 0 bridgehead atoms. The first-order valence-corrected chi connectivity index (χ1v) is 11.4. The van der Waals surface area contributed by atoms with Crippen LogP contribution in [-0.4, -0.2) is 66.0 Å². The minimum absolute atomic E-state index is 0.0393.